The Morgan fingerprint density at radius 1 is 1.36 bits per heavy atom. The fourth-order valence-electron chi connectivity index (χ4n) is 2.69. The van der Waals surface area contributed by atoms with Crippen LogP contribution in [0.15, 0.2) is 12.1 Å². The number of amides is 2. The second-order valence-corrected chi connectivity index (χ2v) is 6.03. The molecule has 1 atom stereocenters. The van der Waals surface area contributed by atoms with E-state index in [2.05, 4.69) is 15.6 Å². The number of aromatic nitrogens is 1. The predicted octanol–water partition coefficient (Wildman–Crippen LogP) is 0.640. The van der Waals surface area contributed by atoms with Gasteiger partial charge >= 0.3 is 0 Å². The van der Waals surface area contributed by atoms with Gasteiger partial charge in [-0.3, -0.25) is 9.59 Å². The molecule has 2 amide bonds. The Morgan fingerprint density at radius 2 is 2.14 bits per heavy atom. The summed E-state index contributed by atoms with van der Waals surface area (Å²) in [5, 5.41) is 5.83. The van der Waals surface area contributed by atoms with Gasteiger partial charge in [-0.05, 0) is 32.4 Å². The number of carbonyl (C=O) groups is 2. The first kappa shape index (κ1) is 14.6. The molecule has 1 aromatic rings. The Kier molecular flexibility index (Phi) is 3.64. The van der Waals surface area contributed by atoms with Gasteiger partial charge in [-0.2, -0.15) is 0 Å². The van der Waals surface area contributed by atoms with Gasteiger partial charge in [0, 0.05) is 6.42 Å². The van der Waals surface area contributed by atoms with Gasteiger partial charge in [-0.15, -0.1) is 0 Å². The number of hydrogen-bond donors (Lipinski definition) is 2. The predicted molar refractivity (Wildman–Crippen MR) is 77.9 cm³/mol. The van der Waals surface area contributed by atoms with Crippen LogP contribution < -0.4 is 20.1 Å². The first-order chi connectivity index (χ1) is 10.5. The third-order valence-corrected chi connectivity index (χ3v) is 3.94. The van der Waals surface area contributed by atoms with Crippen molar-refractivity contribution in [3.8, 4) is 11.6 Å². The maximum atomic E-state index is 12.4. The van der Waals surface area contributed by atoms with Gasteiger partial charge in [0.15, 0.2) is 5.75 Å². The number of carbonyl (C=O) groups excluding carboxylic acids is 2. The highest BCUT2D eigenvalue weighted by Crippen LogP contribution is 2.27. The van der Waals surface area contributed by atoms with Crippen LogP contribution in [0.4, 0.5) is 0 Å². The van der Waals surface area contributed by atoms with Crippen molar-refractivity contribution < 1.29 is 19.1 Å². The first-order valence-corrected chi connectivity index (χ1v) is 7.34. The quantitative estimate of drug-likeness (QED) is 0.837. The summed E-state index contributed by atoms with van der Waals surface area (Å²) < 4.78 is 10.8. The van der Waals surface area contributed by atoms with E-state index in [1.54, 1.807) is 12.1 Å². The number of pyridine rings is 1. The molecule has 2 aliphatic rings. The Labute approximate surface area is 128 Å². The van der Waals surface area contributed by atoms with Crippen molar-refractivity contribution in [1.29, 1.82) is 0 Å². The second kappa shape index (κ2) is 5.47. The summed E-state index contributed by atoms with van der Waals surface area (Å²) >= 11 is 0. The van der Waals surface area contributed by atoms with Crippen LogP contribution >= 0.6 is 0 Å². The molecule has 7 heteroatoms. The van der Waals surface area contributed by atoms with Crippen LogP contribution in [0.1, 0.15) is 37.2 Å². The molecule has 2 aliphatic heterocycles. The number of fused-ring (bicyclic) bond motifs is 1. The number of ether oxygens (including phenoxy) is 2. The summed E-state index contributed by atoms with van der Waals surface area (Å²) in [6, 6.07) is 3.15. The van der Waals surface area contributed by atoms with Crippen molar-refractivity contribution in [3.05, 3.63) is 17.8 Å². The zero-order valence-corrected chi connectivity index (χ0v) is 12.6. The summed E-state index contributed by atoms with van der Waals surface area (Å²) in [5.74, 6) is 0.613. The maximum absolute atomic E-state index is 12.4. The van der Waals surface area contributed by atoms with Crippen molar-refractivity contribution in [1.82, 2.24) is 15.6 Å². The SMILES string of the molecule is CC1(C)NC(=O)CCC1NC(=O)c1ccc2c(n1)OCCO2. The minimum Gasteiger partial charge on any atom is -0.484 e. The van der Waals surface area contributed by atoms with E-state index in [1.807, 2.05) is 13.8 Å². The van der Waals surface area contributed by atoms with Crippen LogP contribution in [0.25, 0.3) is 0 Å². The Hall–Kier alpha value is -2.31. The third-order valence-electron chi connectivity index (χ3n) is 3.94. The lowest BCUT2D eigenvalue weighted by atomic mass is 9.87. The molecule has 7 nitrogen and oxygen atoms in total. The van der Waals surface area contributed by atoms with Crippen molar-refractivity contribution in [3.63, 3.8) is 0 Å². The van der Waals surface area contributed by atoms with Gasteiger partial charge in [0.05, 0.1) is 11.6 Å². The van der Waals surface area contributed by atoms with E-state index in [9.17, 15) is 9.59 Å². The second-order valence-electron chi connectivity index (χ2n) is 6.03. The minimum absolute atomic E-state index is 0.00736. The van der Waals surface area contributed by atoms with Gasteiger partial charge in [-0.25, -0.2) is 4.98 Å². The van der Waals surface area contributed by atoms with Gasteiger partial charge in [-0.1, -0.05) is 0 Å². The number of nitrogens with one attached hydrogen (secondary N) is 2. The lowest BCUT2D eigenvalue weighted by molar-refractivity contribution is -0.125. The smallest absolute Gasteiger partial charge is 0.270 e. The van der Waals surface area contributed by atoms with Crippen LogP contribution in [0.2, 0.25) is 0 Å². The highest BCUT2D eigenvalue weighted by Gasteiger charge is 2.36. The topological polar surface area (TPSA) is 89.6 Å². The van der Waals surface area contributed by atoms with Gasteiger partial charge in [0.1, 0.15) is 18.9 Å². The van der Waals surface area contributed by atoms with E-state index in [-0.39, 0.29) is 23.6 Å². The fraction of sp³-hybridized carbons (Fsp3) is 0.533. The minimum atomic E-state index is -0.487. The highest BCUT2D eigenvalue weighted by molar-refractivity contribution is 5.93. The molecule has 22 heavy (non-hydrogen) atoms. The number of piperidine rings is 1. The molecule has 118 valence electrons. The maximum Gasteiger partial charge on any atom is 0.270 e. The molecule has 0 saturated carbocycles. The largest absolute Gasteiger partial charge is 0.484 e. The van der Waals surface area contributed by atoms with Crippen LogP contribution in [0, 0.1) is 0 Å². The molecule has 0 aliphatic carbocycles. The van der Waals surface area contributed by atoms with Gasteiger partial charge in [0.25, 0.3) is 11.8 Å². The zero-order valence-electron chi connectivity index (χ0n) is 12.6. The first-order valence-electron chi connectivity index (χ1n) is 7.34. The number of nitrogens with zero attached hydrogens (tertiary/aromatic N) is 1. The molecule has 1 aromatic heterocycles. The number of hydrogen-bond acceptors (Lipinski definition) is 5. The molecule has 0 aromatic carbocycles. The standard InChI is InChI=1S/C15H19N3O4/c1-15(2)11(5-6-12(19)18-15)17-13(20)9-3-4-10-14(16-9)22-8-7-21-10/h3-4,11H,5-8H2,1-2H3,(H,17,20)(H,18,19). The Morgan fingerprint density at radius 3 is 2.91 bits per heavy atom. The van der Waals surface area contributed by atoms with E-state index in [1.165, 1.54) is 0 Å². The lowest BCUT2D eigenvalue weighted by Gasteiger charge is -2.39. The molecular weight excluding hydrogens is 286 g/mol. The van der Waals surface area contributed by atoms with E-state index in [4.69, 9.17) is 9.47 Å². The average molecular weight is 305 g/mol. The van der Waals surface area contributed by atoms with Crippen LogP contribution in [-0.4, -0.2) is 41.6 Å². The molecule has 1 unspecified atom stereocenters. The molecule has 0 spiro atoms. The molecule has 3 rings (SSSR count). The molecule has 0 radical (unpaired) electrons. The van der Waals surface area contributed by atoms with E-state index in [0.29, 0.717) is 37.7 Å². The summed E-state index contributed by atoms with van der Waals surface area (Å²) in [6.07, 6.45) is 1.01. The van der Waals surface area contributed by atoms with Gasteiger partial charge in [0.2, 0.25) is 5.91 Å². The van der Waals surface area contributed by atoms with Crippen molar-refractivity contribution >= 4 is 11.8 Å². The van der Waals surface area contributed by atoms with E-state index < -0.39 is 5.54 Å². The van der Waals surface area contributed by atoms with Crippen molar-refractivity contribution in [2.45, 2.75) is 38.3 Å². The van der Waals surface area contributed by atoms with E-state index >= 15 is 0 Å². The molecule has 3 heterocycles. The van der Waals surface area contributed by atoms with E-state index in [0.717, 1.165) is 0 Å². The number of rotatable bonds is 2. The lowest BCUT2D eigenvalue weighted by Crippen LogP contribution is -2.62. The van der Waals surface area contributed by atoms with Crippen LogP contribution in [0.5, 0.6) is 11.6 Å². The average Bonchev–Trinajstić information content (AvgIpc) is 2.49. The Bertz CT molecular complexity index is 615. The Balaban J connectivity index is 1.73. The molecule has 1 saturated heterocycles. The van der Waals surface area contributed by atoms with Gasteiger partial charge < -0.3 is 20.1 Å². The summed E-state index contributed by atoms with van der Waals surface area (Å²) in [6.45, 7) is 4.70. The molecule has 0 bridgehead atoms. The summed E-state index contributed by atoms with van der Waals surface area (Å²) in [4.78, 5) is 28.1. The van der Waals surface area contributed by atoms with Crippen molar-refractivity contribution in [2.75, 3.05) is 13.2 Å². The van der Waals surface area contributed by atoms with Crippen LogP contribution in [0.3, 0.4) is 0 Å². The zero-order chi connectivity index (χ0) is 15.7. The molecule has 1 fully saturated rings. The highest BCUT2D eigenvalue weighted by atomic mass is 16.6. The molecular formula is C15H19N3O4. The monoisotopic (exact) mass is 305 g/mol. The summed E-state index contributed by atoms with van der Waals surface area (Å²) in [5.41, 5.74) is -0.212. The molecule has 2 N–H and O–H groups in total. The van der Waals surface area contributed by atoms with Crippen molar-refractivity contribution in [2.24, 2.45) is 0 Å². The normalized spacial score (nSPS) is 22.6. The van der Waals surface area contributed by atoms with Crippen LogP contribution in [-0.2, 0) is 4.79 Å². The summed E-state index contributed by atoms with van der Waals surface area (Å²) in [7, 11) is 0. The fourth-order valence-corrected chi connectivity index (χ4v) is 2.69. The third kappa shape index (κ3) is 2.84.